The molecular formula is C10H8NNa. The van der Waals surface area contributed by atoms with E-state index in [4.69, 9.17) is 5.73 Å². The standard InChI is InChI=1S/C10H8N.Na/c11-10-7-3-5-8-4-1-2-6-9(8)10;/h1,3-7H,11H2;/q-1;+1. The van der Waals surface area contributed by atoms with Crippen molar-refractivity contribution in [3.05, 3.63) is 42.5 Å². The summed E-state index contributed by atoms with van der Waals surface area (Å²) < 4.78 is 0. The number of fused-ring (bicyclic) bond motifs is 1. The van der Waals surface area contributed by atoms with E-state index >= 15 is 0 Å². The van der Waals surface area contributed by atoms with Gasteiger partial charge in [-0.25, -0.2) is 0 Å². The molecule has 0 saturated carbocycles. The maximum absolute atomic E-state index is 5.74. The van der Waals surface area contributed by atoms with Crippen LogP contribution in [0.25, 0.3) is 10.8 Å². The van der Waals surface area contributed by atoms with E-state index < -0.39 is 0 Å². The average Bonchev–Trinajstić information content (AvgIpc) is 2.06. The van der Waals surface area contributed by atoms with Crippen LogP contribution in [0.15, 0.2) is 36.4 Å². The van der Waals surface area contributed by atoms with E-state index in [1.54, 1.807) is 0 Å². The SMILES string of the molecule is Nc1cccc2cc[c-]cc12.[Na+]. The Labute approximate surface area is 93.9 Å². The molecule has 2 rings (SSSR count). The third-order valence-corrected chi connectivity index (χ3v) is 1.76. The molecule has 0 spiro atoms. The van der Waals surface area contributed by atoms with Gasteiger partial charge in [0.15, 0.2) is 0 Å². The molecule has 0 radical (unpaired) electrons. The zero-order valence-corrected chi connectivity index (χ0v) is 9.04. The normalized spacial score (nSPS) is 9.33. The van der Waals surface area contributed by atoms with Crippen LogP contribution >= 0.6 is 0 Å². The fraction of sp³-hybridized carbons (Fsp3) is 0. The predicted octanol–water partition coefficient (Wildman–Crippen LogP) is -0.774. The molecule has 2 aromatic carbocycles. The number of benzene rings is 2. The quantitative estimate of drug-likeness (QED) is 0.309. The van der Waals surface area contributed by atoms with Crippen LogP contribution in [0.3, 0.4) is 0 Å². The van der Waals surface area contributed by atoms with Gasteiger partial charge in [0.05, 0.1) is 0 Å². The van der Waals surface area contributed by atoms with E-state index in [1.165, 1.54) is 5.39 Å². The Hall–Kier alpha value is -0.500. The van der Waals surface area contributed by atoms with Crippen LogP contribution in [-0.2, 0) is 0 Å². The summed E-state index contributed by atoms with van der Waals surface area (Å²) in [5.41, 5.74) is 6.56. The van der Waals surface area contributed by atoms with Gasteiger partial charge in [0.1, 0.15) is 0 Å². The molecule has 1 nitrogen and oxygen atoms in total. The third-order valence-electron chi connectivity index (χ3n) is 1.76. The Morgan fingerprint density at radius 1 is 1.17 bits per heavy atom. The molecule has 0 aromatic heterocycles. The van der Waals surface area contributed by atoms with Crippen molar-refractivity contribution in [2.75, 3.05) is 5.73 Å². The minimum atomic E-state index is 0. The number of hydrogen-bond acceptors (Lipinski definition) is 1. The Kier molecular flexibility index (Phi) is 3.15. The number of hydrogen-bond donors (Lipinski definition) is 1. The Morgan fingerprint density at radius 3 is 2.75 bits per heavy atom. The maximum atomic E-state index is 5.74. The second-order valence-corrected chi connectivity index (χ2v) is 2.49. The molecule has 2 aromatic rings. The summed E-state index contributed by atoms with van der Waals surface area (Å²) in [4.78, 5) is 0. The van der Waals surface area contributed by atoms with Crippen LogP contribution in [0.2, 0.25) is 0 Å². The Bertz CT molecular complexity index is 379. The van der Waals surface area contributed by atoms with Crippen molar-refractivity contribution >= 4 is 16.5 Å². The fourth-order valence-electron chi connectivity index (χ4n) is 1.18. The Balaban J connectivity index is 0.000000720. The van der Waals surface area contributed by atoms with Crippen LogP contribution in [0, 0.1) is 6.07 Å². The summed E-state index contributed by atoms with van der Waals surface area (Å²) in [6.45, 7) is 0. The molecule has 0 aliphatic rings. The molecule has 2 heteroatoms. The molecular weight excluding hydrogens is 157 g/mol. The van der Waals surface area contributed by atoms with Crippen LogP contribution in [-0.4, -0.2) is 0 Å². The second-order valence-electron chi connectivity index (χ2n) is 2.49. The van der Waals surface area contributed by atoms with Crippen LogP contribution in [0.1, 0.15) is 0 Å². The second kappa shape index (κ2) is 3.94. The first kappa shape index (κ1) is 9.59. The summed E-state index contributed by atoms with van der Waals surface area (Å²) in [5, 5.41) is 2.25. The van der Waals surface area contributed by atoms with Gasteiger partial charge in [-0.15, -0.1) is 10.8 Å². The van der Waals surface area contributed by atoms with E-state index in [0.29, 0.717) is 0 Å². The van der Waals surface area contributed by atoms with Crippen molar-refractivity contribution in [3.63, 3.8) is 0 Å². The van der Waals surface area contributed by atoms with Gasteiger partial charge < -0.3 is 5.73 Å². The minimum absolute atomic E-state index is 0. The zero-order chi connectivity index (χ0) is 7.68. The molecule has 0 unspecified atom stereocenters. The molecule has 0 bridgehead atoms. The van der Waals surface area contributed by atoms with Crippen LogP contribution in [0.5, 0.6) is 0 Å². The van der Waals surface area contributed by atoms with Crippen LogP contribution < -0.4 is 35.3 Å². The summed E-state index contributed by atoms with van der Waals surface area (Å²) in [6, 6.07) is 14.7. The van der Waals surface area contributed by atoms with Crippen molar-refractivity contribution in [2.45, 2.75) is 0 Å². The van der Waals surface area contributed by atoms with Gasteiger partial charge in [-0.3, -0.25) is 0 Å². The van der Waals surface area contributed by atoms with Crippen molar-refractivity contribution in [2.24, 2.45) is 0 Å². The first-order chi connectivity index (χ1) is 5.38. The van der Waals surface area contributed by atoms with Crippen molar-refractivity contribution in [3.8, 4) is 0 Å². The van der Waals surface area contributed by atoms with Crippen LogP contribution in [0.4, 0.5) is 5.69 Å². The predicted molar refractivity (Wildman–Crippen MR) is 47.2 cm³/mol. The molecule has 0 fully saturated rings. The van der Waals surface area contributed by atoms with Gasteiger partial charge in [-0.1, -0.05) is 18.2 Å². The van der Waals surface area contributed by atoms with E-state index in [-0.39, 0.29) is 29.6 Å². The molecule has 54 valence electrons. The molecule has 0 heterocycles. The van der Waals surface area contributed by atoms with E-state index in [2.05, 4.69) is 6.07 Å². The molecule has 2 N–H and O–H groups in total. The summed E-state index contributed by atoms with van der Waals surface area (Å²) in [6.07, 6.45) is 0. The minimum Gasteiger partial charge on any atom is -0.408 e. The molecule has 0 aliphatic heterocycles. The summed E-state index contributed by atoms with van der Waals surface area (Å²) in [5.74, 6) is 0. The van der Waals surface area contributed by atoms with Crippen molar-refractivity contribution < 1.29 is 29.6 Å². The number of rotatable bonds is 0. The summed E-state index contributed by atoms with van der Waals surface area (Å²) >= 11 is 0. The molecule has 0 atom stereocenters. The number of nitrogens with two attached hydrogens (primary N) is 1. The number of anilines is 1. The van der Waals surface area contributed by atoms with E-state index in [9.17, 15) is 0 Å². The summed E-state index contributed by atoms with van der Waals surface area (Å²) in [7, 11) is 0. The first-order valence-electron chi connectivity index (χ1n) is 3.52. The van der Waals surface area contributed by atoms with Gasteiger partial charge in [-0.05, 0) is 5.69 Å². The van der Waals surface area contributed by atoms with Crippen molar-refractivity contribution in [1.29, 1.82) is 0 Å². The van der Waals surface area contributed by atoms with Crippen molar-refractivity contribution in [1.82, 2.24) is 0 Å². The average molecular weight is 165 g/mol. The van der Waals surface area contributed by atoms with Gasteiger partial charge in [0.2, 0.25) is 0 Å². The van der Waals surface area contributed by atoms with Gasteiger partial charge in [0.25, 0.3) is 0 Å². The van der Waals surface area contributed by atoms with Gasteiger partial charge in [0, 0.05) is 0 Å². The smallest absolute Gasteiger partial charge is 0.408 e. The fourth-order valence-corrected chi connectivity index (χ4v) is 1.18. The third kappa shape index (κ3) is 1.63. The largest absolute Gasteiger partial charge is 1.00 e. The first-order valence-corrected chi connectivity index (χ1v) is 3.52. The maximum Gasteiger partial charge on any atom is 1.00 e. The molecule has 0 saturated heterocycles. The molecule has 0 aliphatic carbocycles. The number of nitrogen functional groups attached to an aromatic ring is 1. The molecule has 0 amide bonds. The monoisotopic (exact) mass is 165 g/mol. The van der Waals surface area contributed by atoms with E-state index in [1.807, 2.05) is 36.4 Å². The van der Waals surface area contributed by atoms with Gasteiger partial charge in [-0.2, -0.15) is 24.3 Å². The van der Waals surface area contributed by atoms with E-state index in [0.717, 1.165) is 11.1 Å². The zero-order valence-electron chi connectivity index (χ0n) is 7.04. The topological polar surface area (TPSA) is 26.0 Å². The molecule has 12 heavy (non-hydrogen) atoms. The Morgan fingerprint density at radius 2 is 2.00 bits per heavy atom. The van der Waals surface area contributed by atoms with Gasteiger partial charge >= 0.3 is 29.6 Å².